The van der Waals surface area contributed by atoms with Crippen LogP contribution in [0.25, 0.3) is 0 Å². The van der Waals surface area contributed by atoms with Gasteiger partial charge in [-0.3, -0.25) is 0 Å². The summed E-state index contributed by atoms with van der Waals surface area (Å²) in [6.07, 6.45) is 1.23. The molecule has 0 unspecified atom stereocenters. The van der Waals surface area contributed by atoms with E-state index in [1.165, 1.54) is 6.26 Å². The average molecular weight is 322 g/mol. The van der Waals surface area contributed by atoms with Crippen molar-refractivity contribution in [3.63, 3.8) is 0 Å². The number of hydrogen-bond donors (Lipinski definition) is 1. The zero-order valence-corrected chi connectivity index (χ0v) is 13.2. The summed E-state index contributed by atoms with van der Waals surface area (Å²) in [6, 6.07) is 6.68. The van der Waals surface area contributed by atoms with Crippen LogP contribution < -0.4 is 5.73 Å². The number of nitrogens with zero attached hydrogens (tertiary/aromatic N) is 2. The van der Waals surface area contributed by atoms with Crippen LogP contribution in [0.3, 0.4) is 0 Å². The molecule has 0 amide bonds. The van der Waals surface area contributed by atoms with E-state index in [1.807, 2.05) is 20.8 Å². The van der Waals surface area contributed by atoms with Crippen LogP contribution in [0.5, 0.6) is 0 Å². The maximum Gasteiger partial charge on any atom is 0.371 e. The minimum atomic E-state index is -0.678. The molecule has 22 heavy (non-hydrogen) atoms. The maximum absolute atomic E-state index is 12.1. The van der Waals surface area contributed by atoms with E-state index in [0.717, 1.165) is 0 Å². The van der Waals surface area contributed by atoms with Crippen LogP contribution in [0.2, 0.25) is 5.02 Å². The molecule has 0 atom stereocenters. The Bertz CT molecular complexity index is 700. The van der Waals surface area contributed by atoms with Gasteiger partial charge in [0.25, 0.3) is 0 Å². The minimum absolute atomic E-state index is 0.0683. The van der Waals surface area contributed by atoms with E-state index in [0.29, 0.717) is 16.3 Å². The molecule has 1 heterocycles. The van der Waals surface area contributed by atoms with Crippen molar-refractivity contribution in [1.29, 1.82) is 0 Å². The molecular formula is C15H16ClN3O3. The summed E-state index contributed by atoms with van der Waals surface area (Å²) in [4.78, 5) is 16.9. The summed E-state index contributed by atoms with van der Waals surface area (Å²) < 4.78 is 4.85. The molecule has 0 spiro atoms. The van der Waals surface area contributed by atoms with Crippen LogP contribution in [-0.4, -0.2) is 17.0 Å². The van der Waals surface area contributed by atoms with E-state index >= 15 is 0 Å². The zero-order chi connectivity index (χ0) is 16.3. The highest BCUT2D eigenvalue weighted by molar-refractivity contribution is 6.30. The molecule has 0 fully saturated rings. The van der Waals surface area contributed by atoms with Crippen LogP contribution in [0.15, 0.2) is 40.2 Å². The van der Waals surface area contributed by atoms with Gasteiger partial charge in [0.1, 0.15) is 17.5 Å². The molecule has 6 nitrogen and oxygen atoms in total. The second-order valence-electron chi connectivity index (χ2n) is 5.69. The van der Waals surface area contributed by atoms with E-state index < -0.39 is 5.97 Å². The molecular weight excluding hydrogens is 306 g/mol. The van der Waals surface area contributed by atoms with Crippen molar-refractivity contribution >= 4 is 23.4 Å². The molecule has 0 radical (unpaired) electrons. The van der Waals surface area contributed by atoms with E-state index in [2.05, 4.69) is 10.3 Å². The third-order valence-electron chi connectivity index (χ3n) is 2.87. The third-order valence-corrected chi connectivity index (χ3v) is 3.12. The molecule has 1 aromatic heterocycles. The normalized spacial score (nSPS) is 12.3. The lowest BCUT2D eigenvalue weighted by molar-refractivity contribution is 0.0512. The molecule has 2 aromatic rings. The SMILES string of the molecule is CC(C)(C)c1nocc1C(=O)O/N=C(\N)c1ccc(Cl)cc1. The number of oxime groups is 1. The van der Waals surface area contributed by atoms with Crippen LogP contribution in [0, 0.1) is 0 Å². The fraction of sp³-hybridized carbons (Fsp3) is 0.267. The Morgan fingerprint density at radius 1 is 1.32 bits per heavy atom. The summed E-state index contributed by atoms with van der Waals surface area (Å²) in [6.45, 7) is 5.73. The fourth-order valence-electron chi connectivity index (χ4n) is 1.74. The molecule has 116 valence electrons. The number of rotatable bonds is 3. The molecule has 0 aliphatic rings. The Morgan fingerprint density at radius 3 is 2.55 bits per heavy atom. The number of carbonyl (C=O) groups is 1. The maximum atomic E-state index is 12.1. The molecule has 0 aliphatic carbocycles. The first-order chi connectivity index (χ1) is 10.3. The number of carbonyl (C=O) groups excluding carboxylic acids is 1. The highest BCUT2D eigenvalue weighted by Crippen LogP contribution is 2.24. The van der Waals surface area contributed by atoms with Crippen LogP contribution in [0.1, 0.15) is 42.4 Å². The number of benzene rings is 1. The van der Waals surface area contributed by atoms with Crippen molar-refractivity contribution in [2.24, 2.45) is 10.9 Å². The Balaban J connectivity index is 2.14. The molecule has 2 N–H and O–H groups in total. The lowest BCUT2D eigenvalue weighted by atomic mass is 9.90. The van der Waals surface area contributed by atoms with Crippen molar-refractivity contribution in [1.82, 2.24) is 5.16 Å². The smallest absolute Gasteiger partial charge is 0.371 e. The summed E-state index contributed by atoms with van der Waals surface area (Å²) in [5, 5.41) is 8.05. The molecule has 0 saturated heterocycles. The van der Waals surface area contributed by atoms with Crippen LogP contribution >= 0.6 is 11.6 Å². The van der Waals surface area contributed by atoms with Gasteiger partial charge in [-0.1, -0.05) is 42.7 Å². The van der Waals surface area contributed by atoms with Crippen molar-refractivity contribution < 1.29 is 14.2 Å². The van der Waals surface area contributed by atoms with E-state index in [1.54, 1.807) is 24.3 Å². The van der Waals surface area contributed by atoms with Gasteiger partial charge in [0.2, 0.25) is 0 Å². The zero-order valence-electron chi connectivity index (χ0n) is 12.5. The molecule has 2 rings (SSSR count). The quantitative estimate of drug-likeness (QED) is 0.406. The first-order valence-corrected chi connectivity index (χ1v) is 6.92. The highest BCUT2D eigenvalue weighted by Gasteiger charge is 2.27. The minimum Gasteiger partial charge on any atom is -0.380 e. The Morgan fingerprint density at radius 2 is 1.95 bits per heavy atom. The van der Waals surface area contributed by atoms with Crippen LogP contribution in [-0.2, 0) is 10.3 Å². The Hall–Kier alpha value is -2.34. The second kappa shape index (κ2) is 6.19. The first kappa shape index (κ1) is 16.0. The average Bonchev–Trinajstić information content (AvgIpc) is 2.94. The van der Waals surface area contributed by atoms with Crippen molar-refractivity contribution in [2.45, 2.75) is 26.2 Å². The predicted molar refractivity (Wildman–Crippen MR) is 82.8 cm³/mol. The van der Waals surface area contributed by atoms with Gasteiger partial charge >= 0.3 is 5.97 Å². The third kappa shape index (κ3) is 3.65. The van der Waals surface area contributed by atoms with Gasteiger partial charge in [0.05, 0.1) is 0 Å². The summed E-state index contributed by atoms with van der Waals surface area (Å²) in [5.41, 5.74) is 6.72. The van der Waals surface area contributed by atoms with E-state index in [-0.39, 0.29) is 16.8 Å². The van der Waals surface area contributed by atoms with Gasteiger partial charge < -0.3 is 15.1 Å². The second-order valence-corrected chi connectivity index (χ2v) is 6.13. The standard InChI is InChI=1S/C15H16ClN3O3/c1-15(2,3)12-11(8-21-18-12)14(20)22-19-13(17)9-4-6-10(16)7-5-9/h4-8H,1-3H3,(H2,17,19). The summed E-state index contributed by atoms with van der Waals surface area (Å²) >= 11 is 5.79. The van der Waals surface area contributed by atoms with Gasteiger partial charge in [-0.15, -0.1) is 0 Å². The number of nitrogens with two attached hydrogens (primary N) is 1. The Labute approximate surface area is 132 Å². The van der Waals surface area contributed by atoms with Crippen molar-refractivity contribution in [2.75, 3.05) is 0 Å². The lowest BCUT2D eigenvalue weighted by Crippen LogP contribution is -2.18. The monoisotopic (exact) mass is 321 g/mol. The van der Waals surface area contributed by atoms with Gasteiger partial charge in [-0.2, -0.15) is 0 Å². The molecule has 0 bridgehead atoms. The molecule has 7 heteroatoms. The van der Waals surface area contributed by atoms with Crippen molar-refractivity contribution in [3.05, 3.63) is 52.4 Å². The van der Waals surface area contributed by atoms with Gasteiger partial charge in [0.15, 0.2) is 5.84 Å². The van der Waals surface area contributed by atoms with Gasteiger partial charge in [0, 0.05) is 16.0 Å². The van der Waals surface area contributed by atoms with Gasteiger partial charge in [-0.05, 0) is 24.3 Å². The fourth-order valence-corrected chi connectivity index (χ4v) is 1.86. The largest absolute Gasteiger partial charge is 0.380 e. The van der Waals surface area contributed by atoms with Gasteiger partial charge in [-0.25, -0.2) is 4.79 Å². The lowest BCUT2D eigenvalue weighted by Gasteiger charge is -2.14. The summed E-state index contributed by atoms with van der Waals surface area (Å²) in [7, 11) is 0. The molecule has 0 aliphatic heterocycles. The number of aromatic nitrogens is 1. The number of amidine groups is 1. The van der Waals surface area contributed by atoms with E-state index in [4.69, 9.17) is 26.7 Å². The molecule has 1 aromatic carbocycles. The number of hydrogen-bond acceptors (Lipinski definition) is 5. The Kier molecular flexibility index (Phi) is 4.51. The van der Waals surface area contributed by atoms with E-state index in [9.17, 15) is 4.79 Å². The first-order valence-electron chi connectivity index (χ1n) is 6.54. The van der Waals surface area contributed by atoms with Crippen LogP contribution in [0.4, 0.5) is 0 Å². The highest BCUT2D eigenvalue weighted by atomic mass is 35.5. The molecule has 0 saturated carbocycles. The topological polar surface area (TPSA) is 90.7 Å². The van der Waals surface area contributed by atoms with Crippen molar-refractivity contribution in [3.8, 4) is 0 Å². The summed E-state index contributed by atoms with van der Waals surface area (Å²) in [5.74, 6) is -0.609. The predicted octanol–water partition coefficient (Wildman–Crippen LogP) is 3.10. The number of halogens is 1.